The van der Waals surface area contributed by atoms with Crippen LogP contribution in [0.4, 0.5) is 0 Å². The van der Waals surface area contributed by atoms with Crippen molar-refractivity contribution in [3.05, 3.63) is 0 Å². The SMILES string of the molecule is CCCC1CCCCN1C(=O)C(CC)(CC)CN. The molecular weight excluding hydrogens is 224 g/mol. The number of hydrogen-bond acceptors (Lipinski definition) is 2. The molecule has 1 heterocycles. The molecule has 1 aliphatic rings. The van der Waals surface area contributed by atoms with Crippen LogP contribution in [-0.4, -0.2) is 29.9 Å². The molecule has 0 spiro atoms. The maximum Gasteiger partial charge on any atom is 0.230 e. The maximum atomic E-state index is 12.8. The second-order valence-corrected chi connectivity index (χ2v) is 5.63. The molecule has 1 unspecified atom stereocenters. The number of carbonyl (C=O) groups excluding carboxylic acids is 1. The van der Waals surface area contributed by atoms with Gasteiger partial charge in [-0.1, -0.05) is 27.2 Å². The zero-order valence-corrected chi connectivity index (χ0v) is 12.4. The predicted molar refractivity (Wildman–Crippen MR) is 76.3 cm³/mol. The molecule has 1 atom stereocenters. The van der Waals surface area contributed by atoms with E-state index in [1.165, 1.54) is 12.8 Å². The molecule has 0 saturated carbocycles. The van der Waals surface area contributed by atoms with Crippen molar-refractivity contribution in [2.75, 3.05) is 13.1 Å². The van der Waals surface area contributed by atoms with E-state index in [2.05, 4.69) is 25.7 Å². The van der Waals surface area contributed by atoms with Gasteiger partial charge in [-0.25, -0.2) is 0 Å². The van der Waals surface area contributed by atoms with Gasteiger partial charge in [0.2, 0.25) is 5.91 Å². The van der Waals surface area contributed by atoms with E-state index in [4.69, 9.17) is 5.73 Å². The van der Waals surface area contributed by atoms with Crippen molar-refractivity contribution in [2.45, 2.75) is 71.8 Å². The van der Waals surface area contributed by atoms with Crippen molar-refractivity contribution in [3.63, 3.8) is 0 Å². The molecular formula is C15H30N2O. The van der Waals surface area contributed by atoms with Gasteiger partial charge < -0.3 is 10.6 Å². The summed E-state index contributed by atoms with van der Waals surface area (Å²) in [5.41, 5.74) is 5.59. The summed E-state index contributed by atoms with van der Waals surface area (Å²) in [4.78, 5) is 15.0. The highest BCUT2D eigenvalue weighted by Crippen LogP contribution is 2.32. The van der Waals surface area contributed by atoms with Gasteiger partial charge in [0.1, 0.15) is 0 Å². The minimum atomic E-state index is -0.316. The van der Waals surface area contributed by atoms with Crippen molar-refractivity contribution in [1.82, 2.24) is 4.90 Å². The third-order valence-electron chi connectivity index (χ3n) is 4.71. The molecule has 18 heavy (non-hydrogen) atoms. The second kappa shape index (κ2) is 7.13. The summed E-state index contributed by atoms with van der Waals surface area (Å²) in [5, 5.41) is 0. The van der Waals surface area contributed by atoms with Crippen LogP contribution in [0.1, 0.15) is 65.7 Å². The zero-order chi connectivity index (χ0) is 13.6. The van der Waals surface area contributed by atoms with Gasteiger partial charge in [-0.15, -0.1) is 0 Å². The number of carbonyl (C=O) groups is 1. The quantitative estimate of drug-likeness (QED) is 0.792. The summed E-state index contributed by atoms with van der Waals surface area (Å²) < 4.78 is 0. The van der Waals surface area contributed by atoms with Gasteiger partial charge in [0, 0.05) is 19.1 Å². The van der Waals surface area contributed by atoms with Crippen LogP contribution in [0.25, 0.3) is 0 Å². The van der Waals surface area contributed by atoms with Crippen LogP contribution in [-0.2, 0) is 4.79 Å². The molecule has 0 radical (unpaired) electrons. The molecule has 1 aliphatic heterocycles. The topological polar surface area (TPSA) is 46.3 Å². The van der Waals surface area contributed by atoms with E-state index in [1.54, 1.807) is 0 Å². The monoisotopic (exact) mass is 254 g/mol. The lowest BCUT2D eigenvalue weighted by molar-refractivity contribution is -0.146. The zero-order valence-electron chi connectivity index (χ0n) is 12.4. The molecule has 0 aromatic carbocycles. The lowest BCUT2D eigenvalue weighted by Gasteiger charge is -2.42. The Morgan fingerprint density at radius 3 is 2.44 bits per heavy atom. The van der Waals surface area contributed by atoms with E-state index in [-0.39, 0.29) is 5.41 Å². The summed E-state index contributed by atoms with van der Waals surface area (Å²) in [6.07, 6.45) is 7.60. The second-order valence-electron chi connectivity index (χ2n) is 5.63. The Kier molecular flexibility index (Phi) is 6.13. The van der Waals surface area contributed by atoms with Crippen LogP contribution in [0.15, 0.2) is 0 Å². The summed E-state index contributed by atoms with van der Waals surface area (Å²) in [7, 11) is 0. The third kappa shape index (κ3) is 3.05. The number of amides is 1. The maximum absolute atomic E-state index is 12.8. The fraction of sp³-hybridized carbons (Fsp3) is 0.933. The first-order valence-electron chi connectivity index (χ1n) is 7.66. The highest BCUT2D eigenvalue weighted by Gasteiger charge is 2.39. The van der Waals surface area contributed by atoms with Crippen molar-refractivity contribution < 1.29 is 4.79 Å². The lowest BCUT2D eigenvalue weighted by atomic mass is 9.79. The molecule has 106 valence electrons. The fourth-order valence-corrected chi connectivity index (χ4v) is 3.13. The Hall–Kier alpha value is -0.570. The van der Waals surface area contributed by atoms with E-state index >= 15 is 0 Å². The Balaban J connectivity index is 2.84. The average molecular weight is 254 g/mol. The van der Waals surface area contributed by atoms with Crippen LogP contribution < -0.4 is 5.73 Å². The Labute approximate surface area is 112 Å². The normalized spacial score (nSPS) is 21.1. The number of nitrogens with zero attached hydrogens (tertiary/aromatic N) is 1. The van der Waals surface area contributed by atoms with E-state index in [1.807, 2.05) is 0 Å². The fourth-order valence-electron chi connectivity index (χ4n) is 3.13. The number of nitrogens with two attached hydrogens (primary N) is 1. The molecule has 0 aromatic heterocycles. The third-order valence-corrected chi connectivity index (χ3v) is 4.71. The van der Waals surface area contributed by atoms with E-state index in [9.17, 15) is 4.79 Å². The van der Waals surface area contributed by atoms with Crippen LogP contribution in [0, 0.1) is 5.41 Å². The molecule has 1 amide bonds. The minimum Gasteiger partial charge on any atom is -0.339 e. The molecule has 1 saturated heterocycles. The van der Waals surface area contributed by atoms with Crippen molar-refractivity contribution in [2.24, 2.45) is 11.1 Å². The highest BCUT2D eigenvalue weighted by atomic mass is 16.2. The number of likely N-dealkylation sites (tertiary alicyclic amines) is 1. The van der Waals surface area contributed by atoms with Crippen LogP contribution >= 0.6 is 0 Å². The number of rotatable bonds is 6. The first-order valence-corrected chi connectivity index (χ1v) is 7.66. The Morgan fingerprint density at radius 1 is 1.28 bits per heavy atom. The number of piperidine rings is 1. The highest BCUT2D eigenvalue weighted by molar-refractivity contribution is 5.83. The van der Waals surface area contributed by atoms with Gasteiger partial charge in [-0.2, -0.15) is 0 Å². The van der Waals surface area contributed by atoms with Crippen LogP contribution in [0.2, 0.25) is 0 Å². The molecule has 3 nitrogen and oxygen atoms in total. The van der Waals surface area contributed by atoms with E-state index < -0.39 is 0 Å². The van der Waals surface area contributed by atoms with Crippen molar-refractivity contribution in [1.29, 1.82) is 0 Å². The summed E-state index contributed by atoms with van der Waals surface area (Å²) in [5.74, 6) is 0.313. The minimum absolute atomic E-state index is 0.313. The molecule has 1 rings (SSSR count). The van der Waals surface area contributed by atoms with Gasteiger partial charge >= 0.3 is 0 Å². The van der Waals surface area contributed by atoms with Gasteiger partial charge in [0.15, 0.2) is 0 Å². The van der Waals surface area contributed by atoms with E-state index in [0.717, 1.165) is 38.6 Å². The molecule has 3 heteroatoms. The van der Waals surface area contributed by atoms with Crippen LogP contribution in [0.3, 0.4) is 0 Å². The van der Waals surface area contributed by atoms with Crippen molar-refractivity contribution in [3.8, 4) is 0 Å². The first kappa shape index (κ1) is 15.5. The Bertz CT molecular complexity index is 251. The van der Waals surface area contributed by atoms with Crippen molar-refractivity contribution >= 4 is 5.91 Å². The summed E-state index contributed by atoms with van der Waals surface area (Å²) >= 11 is 0. The van der Waals surface area contributed by atoms with Gasteiger partial charge in [-0.05, 0) is 38.5 Å². The molecule has 2 N–H and O–H groups in total. The molecule has 0 bridgehead atoms. The largest absolute Gasteiger partial charge is 0.339 e. The Morgan fingerprint density at radius 2 is 1.94 bits per heavy atom. The first-order chi connectivity index (χ1) is 8.65. The molecule has 0 aromatic rings. The van der Waals surface area contributed by atoms with Crippen LogP contribution in [0.5, 0.6) is 0 Å². The van der Waals surface area contributed by atoms with Gasteiger partial charge in [-0.3, -0.25) is 4.79 Å². The van der Waals surface area contributed by atoms with Gasteiger partial charge in [0.05, 0.1) is 5.41 Å². The summed E-state index contributed by atoms with van der Waals surface area (Å²) in [6, 6.07) is 0.459. The lowest BCUT2D eigenvalue weighted by Crippen LogP contribution is -2.53. The van der Waals surface area contributed by atoms with Gasteiger partial charge in [0.25, 0.3) is 0 Å². The number of hydrogen-bond donors (Lipinski definition) is 1. The molecule has 1 fully saturated rings. The smallest absolute Gasteiger partial charge is 0.230 e. The molecule has 0 aliphatic carbocycles. The average Bonchev–Trinajstić information content (AvgIpc) is 2.42. The van der Waals surface area contributed by atoms with E-state index in [0.29, 0.717) is 18.5 Å². The predicted octanol–water partition coefficient (Wildman–Crippen LogP) is 2.93. The standard InChI is InChI=1S/C15H30N2O/c1-4-9-13-10-7-8-11-17(13)14(18)15(5-2,6-3)12-16/h13H,4-12,16H2,1-3H3. The summed E-state index contributed by atoms with van der Waals surface area (Å²) in [6.45, 7) is 7.80.